The van der Waals surface area contributed by atoms with Gasteiger partial charge in [-0.25, -0.2) is 8.42 Å². The SMILES string of the molecule is CC(C)[C@@H](C(=O)OC(C)(C)C)N(Cc1ccc(Cl)cc1)S(=O)(=O)c1cccc(C(F)(F)F)c1. The first-order chi connectivity index (χ1) is 15.0. The van der Waals surface area contributed by atoms with E-state index >= 15 is 0 Å². The van der Waals surface area contributed by atoms with Crippen molar-refractivity contribution in [2.75, 3.05) is 0 Å². The van der Waals surface area contributed by atoms with Crippen LogP contribution in [0.15, 0.2) is 53.4 Å². The first-order valence-corrected chi connectivity index (χ1v) is 12.0. The van der Waals surface area contributed by atoms with Gasteiger partial charge in [0.05, 0.1) is 10.5 Å². The van der Waals surface area contributed by atoms with E-state index < -0.39 is 50.2 Å². The van der Waals surface area contributed by atoms with Crippen molar-refractivity contribution in [3.8, 4) is 0 Å². The zero-order chi connectivity index (χ0) is 25.2. The molecule has 0 unspecified atom stereocenters. The molecule has 0 bridgehead atoms. The molecule has 0 radical (unpaired) electrons. The molecule has 0 saturated carbocycles. The Balaban J connectivity index is 2.64. The third-order valence-electron chi connectivity index (χ3n) is 4.61. The van der Waals surface area contributed by atoms with Crippen LogP contribution in [0.5, 0.6) is 0 Å². The molecule has 0 spiro atoms. The van der Waals surface area contributed by atoms with Crippen LogP contribution in [0.25, 0.3) is 0 Å². The first kappa shape index (κ1) is 27.1. The molecule has 0 fully saturated rings. The average Bonchev–Trinajstić information content (AvgIpc) is 2.66. The molecule has 0 saturated heterocycles. The van der Waals surface area contributed by atoms with Crippen LogP contribution in [0.3, 0.4) is 0 Å². The Bertz CT molecular complexity index is 1080. The minimum Gasteiger partial charge on any atom is -0.459 e. The summed E-state index contributed by atoms with van der Waals surface area (Å²) in [5, 5.41) is 0.429. The van der Waals surface area contributed by atoms with Crippen LogP contribution in [-0.2, 0) is 32.3 Å². The maximum absolute atomic E-state index is 13.6. The van der Waals surface area contributed by atoms with E-state index in [0.717, 1.165) is 22.5 Å². The average molecular weight is 506 g/mol. The van der Waals surface area contributed by atoms with Crippen molar-refractivity contribution in [1.29, 1.82) is 0 Å². The van der Waals surface area contributed by atoms with Gasteiger partial charge in [-0.3, -0.25) is 4.79 Å². The minimum absolute atomic E-state index is 0.266. The van der Waals surface area contributed by atoms with Crippen LogP contribution < -0.4 is 0 Å². The predicted molar refractivity (Wildman–Crippen MR) is 120 cm³/mol. The zero-order valence-electron chi connectivity index (χ0n) is 19.0. The van der Waals surface area contributed by atoms with Gasteiger partial charge >= 0.3 is 12.1 Å². The number of carbonyl (C=O) groups is 1. The molecule has 0 N–H and O–H groups in total. The second-order valence-corrected chi connectivity index (χ2v) is 11.3. The van der Waals surface area contributed by atoms with E-state index in [1.165, 1.54) is 0 Å². The third kappa shape index (κ3) is 7.19. The standard InChI is InChI=1S/C23H27ClF3NO4S/c1-15(2)20(21(29)32-22(3,4)5)28(14-16-9-11-18(24)12-10-16)33(30,31)19-8-6-7-17(13-19)23(25,26)27/h6-13,15,20H,14H2,1-5H3/t20-/m0/s1. The number of ether oxygens (including phenoxy) is 1. The maximum Gasteiger partial charge on any atom is 0.416 e. The molecular formula is C23H27ClF3NO4S. The minimum atomic E-state index is -4.73. The van der Waals surface area contributed by atoms with Crippen molar-refractivity contribution in [2.24, 2.45) is 5.92 Å². The molecule has 0 aliphatic rings. The fraction of sp³-hybridized carbons (Fsp3) is 0.435. The van der Waals surface area contributed by atoms with Gasteiger partial charge in [-0.15, -0.1) is 0 Å². The maximum atomic E-state index is 13.6. The number of sulfonamides is 1. The monoisotopic (exact) mass is 505 g/mol. The van der Waals surface area contributed by atoms with Crippen LogP contribution in [0.1, 0.15) is 45.7 Å². The van der Waals surface area contributed by atoms with Gasteiger partial charge in [0.1, 0.15) is 11.6 Å². The molecule has 2 rings (SSSR count). The Morgan fingerprint density at radius 3 is 2.12 bits per heavy atom. The number of hydrogen-bond donors (Lipinski definition) is 0. The summed E-state index contributed by atoms with van der Waals surface area (Å²) in [6.45, 7) is 7.96. The molecule has 1 atom stereocenters. The molecule has 0 aromatic heterocycles. The lowest BCUT2D eigenvalue weighted by Crippen LogP contribution is -2.49. The highest BCUT2D eigenvalue weighted by atomic mass is 35.5. The Kier molecular flexibility index (Phi) is 8.25. The zero-order valence-corrected chi connectivity index (χ0v) is 20.6. The Morgan fingerprint density at radius 2 is 1.64 bits per heavy atom. The summed E-state index contributed by atoms with van der Waals surface area (Å²) in [4.78, 5) is 12.5. The molecule has 10 heteroatoms. The van der Waals surface area contributed by atoms with E-state index in [1.54, 1.807) is 58.9 Å². The fourth-order valence-electron chi connectivity index (χ4n) is 3.16. The molecule has 0 aliphatic carbocycles. The van der Waals surface area contributed by atoms with Gasteiger partial charge in [0.25, 0.3) is 0 Å². The third-order valence-corrected chi connectivity index (χ3v) is 6.68. The number of esters is 1. The van der Waals surface area contributed by atoms with Crippen LogP contribution in [0.4, 0.5) is 13.2 Å². The molecule has 182 valence electrons. The summed E-state index contributed by atoms with van der Waals surface area (Å²) in [5.74, 6) is -1.32. The molecule has 0 heterocycles. The van der Waals surface area contributed by atoms with E-state index in [-0.39, 0.29) is 6.54 Å². The number of hydrogen-bond acceptors (Lipinski definition) is 4. The van der Waals surface area contributed by atoms with E-state index in [2.05, 4.69) is 0 Å². The fourth-order valence-corrected chi connectivity index (χ4v) is 5.03. The largest absolute Gasteiger partial charge is 0.459 e. The summed E-state index contributed by atoms with van der Waals surface area (Å²) in [7, 11) is -4.54. The quantitative estimate of drug-likeness (QED) is 0.438. The van der Waals surface area contributed by atoms with Crippen molar-refractivity contribution in [2.45, 2.75) is 63.9 Å². The highest BCUT2D eigenvalue weighted by Gasteiger charge is 2.41. The molecule has 33 heavy (non-hydrogen) atoms. The van der Waals surface area contributed by atoms with Gasteiger partial charge in [-0.05, 0) is 62.6 Å². The van der Waals surface area contributed by atoms with Crippen LogP contribution in [-0.4, -0.2) is 30.3 Å². The van der Waals surface area contributed by atoms with Gasteiger partial charge in [0.2, 0.25) is 10.0 Å². The van der Waals surface area contributed by atoms with Crippen molar-refractivity contribution in [3.63, 3.8) is 0 Å². The smallest absolute Gasteiger partial charge is 0.416 e. The topological polar surface area (TPSA) is 63.7 Å². The van der Waals surface area contributed by atoms with E-state index in [9.17, 15) is 26.4 Å². The highest BCUT2D eigenvalue weighted by Crippen LogP contribution is 2.33. The van der Waals surface area contributed by atoms with E-state index in [1.807, 2.05) is 0 Å². The second kappa shape index (κ2) is 10.0. The highest BCUT2D eigenvalue weighted by molar-refractivity contribution is 7.89. The van der Waals surface area contributed by atoms with E-state index in [0.29, 0.717) is 16.7 Å². The van der Waals surface area contributed by atoms with Gasteiger partial charge in [0.15, 0.2) is 0 Å². The van der Waals surface area contributed by atoms with Gasteiger partial charge in [-0.2, -0.15) is 17.5 Å². The predicted octanol–water partition coefficient (Wildman–Crippen LogP) is 5.92. The number of alkyl halides is 3. The number of carbonyl (C=O) groups excluding carboxylic acids is 1. The number of halogens is 4. The van der Waals surface area contributed by atoms with E-state index in [4.69, 9.17) is 16.3 Å². The van der Waals surface area contributed by atoms with Gasteiger partial charge in [-0.1, -0.05) is 43.6 Å². The molecule has 0 amide bonds. The first-order valence-electron chi connectivity index (χ1n) is 10.2. The van der Waals surface area contributed by atoms with Gasteiger partial charge in [0, 0.05) is 11.6 Å². The van der Waals surface area contributed by atoms with Crippen molar-refractivity contribution in [1.82, 2.24) is 4.31 Å². The molecule has 0 aliphatic heterocycles. The number of rotatable bonds is 7. The summed E-state index contributed by atoms with van der Waals surface area (Å²) in [6.07, 6.45) is -4.73. The van der Waals surface area contributed by atoms with Crippen molar-refractivity contribution >= 4 is 27.6 Å². The summed E-state index contributed by atoms with van der Waals surface area (Å²) >= 11 is 5.92. The van der Waals surface area contributed by atoms with Crippen LogP contribution in [0.2, 0.25) is 5.02 Å². The molecule has 5 nitrogen and oxygen atoms in total. The normalized spacial score (nSPS) is 13.9. The molecular weight excluding hydrogens is 479 g/mol. The van der Waals surface area contributed by atoms with Crippen molar-refractivity contribution in [3.05, 3.63) is 64.7 Å². The van der Waals surface area contributed by atoms with Crippen LogP contribution >= 0.6 is 11.6 Å². The molecule has 2 aromatic carbocycles. The molecule has 2 aromatic rings. The summed E-state index contributed by atoms with van der Waals surface area (Å²) < 4.78 is 73.3. The summed E-state index contributed by atoms with van der Waals surface area (Å²) in [6, 6.07) is 8.47. The lowest BCUT2D eigenvalue weighted by atomic mass is 10.0. The Morgan fingerprint density at radius 1 is 1.06 bits per heavy atom. The summed E-state index contributed by atoms with van der Waals surface area (Å²) in [5.41, 5.74) is -1.49. The lowest BCUT2D eigenvalue weighted by Gasteiger charge is -2.34. The number of benzene rings is 2. The number of nitrogens with zero attached hydrogens (tertiary/aromatic N) is 1. The Labute approximate surface area is 197 Å². The Hall–Kier alpha value is -2.10. The lowest BCUT2D eigenvalue weighted by molar-refractivity contribution is -0.161. The van der Waals surface area contributed by atoms with Gasteiger partial charge < -0.3 is 4.74 Å². The van der Waals surface area contributed by atoms with Crippen molar-refractivity contribution < 1.29 is 31.1 Å². The second-order valence-electron chi connectivity index (χ2n) is 8.92. The van der Waals surface area contributed by atoms with Crippen LogP contribution in [0, 0.1) is 5.92 Å².